The molecule has 96 valence electrons. The normalized spacial score (nSPS) is 21.6. The number of nitriles is 1. The third-order valence-electron chi connectivity index (χ3n) is 3.35. The molecule has 7 heteroatoms. The molecule has 2 aliphatic heterocycles. The molecular weight excluding hydrogens is 270 g/mol. The summed E-state index contributed by atoms with van der Waals surface area (Å²) < 4.78 is 25.3. The zero-order chi connectivity index (χ0) is 12.8. The maximum Gasteiger partial charge on any atom is 0.235 e. The van der Waals surface area contributed by atoms with Crippen LogP contribution in [0.15, 0.2) is 0 Å². The van der Waals surface area contributed by atoms with Crippen molar-refractivity contribution in [2.45, 2.75) is 19.4 Å². The molecule has 5 nitrogen and oxygen atoms in total. The van der Waals surface area contributed by atoms with E-state index in [-0.39, 0.29) is 5.75 Å². The zero-order valence-corrected chi connectivity index (χ0v) is 11.4. The van der Waals surface area contributed by atoms with E-state index in [1.54, 1.807) is 0 Å². The topological polar surface area (TPSA) is 73.2 Å². The maximum absolute atomic E-state index is 12.0. The lowest BCUT2D eigenvalue weighted by molar-refractivity contribution is 0.599. The van der Waals surface area contributed by atoms with Crippen LogP contribution in [0.25, 0.3) is 0 Å². The maximum atomic E-state index is 12.0. The molecule has 0 unspecified atom stereocenters. The minimum Gasteiger partial charge on any atom is -0.312 e. The van der Waals surface area contributed by atoms with E-state index in [9.17, 15) is 13.7 Å². The van der Waals surface area contributed by atoms with Crippen LogP contribution in [0.3, 0.4) is 0 Å². The van der Waals surface area contributed by atoms with Crippen molar-refractivity contribution in [3.63, 3.8) is 0 Å². The van der Waals surface area contributed by atoms with Crippen molar-refractivity contribution in [2.75, 3.05) is 23.1 Å². The summed E-state index contributed by atoms with van der Waals surface area (Å²) in [5.41, 5.74) is 1.61. The standard InChI is InChI=1S/C11H13N3O2S2/c12-6-9-8-2-3-13-7-10(8)17-11(9)14-4-1-5-18(14,15)16/h13H,1-5,7H2. The minimum absolute atomic E-state index is 0.193. The van der Waals surface area contributed by atoms with Crippen molar-refractivity contribution in [2.24, 2.45) is 0 Å². The van der Waals surface area contributed by atoms with Crippen LogP contribution < -0.4 is 9.62 Å². The molecule has 18 heavy (non-hydrogen) atoms. The SMILES string of the molecule is N#Cc1c(N2CCCS2(=O)=O)sc2c1CCNC2. The lowest BCUT2D eigenvalue weighted by Gasteiger charge is -2.14. The quantitative estimate of drug-likeness (QED) is 0.827. The van der Waals surface area contributed by atoms with Crippen LogP contribution in [0.4, 0.5) is 5.00 Å². The van der Waals surface area contributed by atoms with Gasteiger partial charge in [-0.05, 0) is 24.9 Å². The molecule has 1 N–H and O–H groups in total. The highest BCUT2D eigenvalue weighted by molar-refractivity contribution is 7.93. The summed E-state index contributed by atoms with van der Waals surface area (Å²) >= 11 is 1.45. The second-order valence-electron chi connectivity index (χ2n) is 4.46. The van der Waals surface area contributed by atoms with Crippen molar-refractivity contribution < 1.29 is 8.42 Å². The summed E-state index contributed by atoms with van der Waals surface area (Å²) in [6, 6.07) is 2.19. The number of thiophene rings is 1. The molecule has 0 atom stereocenters. The summed E-state index contributed by atoms with van der Waals surface area (Å²) in [6.45, 7) is 2.09. The molecule has 0 aliphatic carbocycles. The molecule has 0 saturated carbocycles. The van der Waals surface area contributed by atoms with Crippen LogP contribution >= 0.6 is 11.3 Å². The third kappa shape index (κ3) is 1.72. The summed E-state index contributed by atoms with van der Waals surface area (Å²) in [7, 11) is -3.20. The van der Waals surface area contributed by atoms with Gasteiger partial charge in [0.15, 0.2) is 0 Å². The lowest BCUT2D eigenvalue weighted by atomic mass is 10.1. The Hall–Kier alpha value is -1.10. The Bertz CT molecular complexity index is 627. The predicted molar refractivity (Wildman–Crippen MR) is 70.2 cm³/mol. The second kappa shape index (κ2) is 4.23. The van der Waals surface area contributed by atoms with Crippen molar-refractivity contribution in [1.82, 2.24) is 5.32 Å². The molecular formula is C11H13N3O2S2. The van der Waals surface area contributed by atoms with Gasteiger partial charge in [-0.2, -0.15) is 5.26 Å². The highest BCUT2D eigenvalue weighted by atomic mass is 32.2. The number of sulfonamides is 1. The highest BCUT2D eigenvalue weighted by Crippen LogP contribution is 2.39. The van der Waals surface area contributed by atoms with Gasteiger partial charge in [-0.25, -0.2) is 8.42 Å². The number of anilines is 1. The van der Waals surface area contributed by atoms with Gasteiger partial charge >= 0.3 is 0 Å². The van der Waals surface area contributed by atoms with Crippen molar-refractivity contribution in [1.29, 1.82) is 5.26 Å². The summed E-state index contributed by atoms with van der Waals surface area (Å²) in [6.07, 6.45) is 1.45. The fourth-order valence-electron chi connectivity index (χ4n) is 2.48. The summed E-state index contributed by atoms with van der Waals surface area (Å²) in [5.74, 6) is 0.193. The van der Waals surface area contributed by atoms with Gasteiger partial charge in [-0.3, -0.25) is 4.31 Å². The van der Waals surface area contributed by atoms with Crippen molar-refractivity contribution in [3.8, 4) is 6.07 Å². The molecule has 2 aliphatic rings. The van der Waals surface area contributed by atoms with Crippen molar-refractivity contribution in [3.05, 3.63) is 16.0 Å². The first-order chi connectivity index (χ1) is 8.63. The minimum atomic E-state index is -3.20. The van der Waals surface area contributed by atoms with Crippen LogP contribution in [-0.2, 0) is 23.0 Å². The average molecular weight is 283 g/mol. The van der Waals surface area contributed by atoms with E-state index in [0.717, 1.165) is 30.0 Å². The number of nitrogens with zero attached hydrogens (tertiary/aromatic N) is 2. The Morgan fingerprint density at radius 2 is 2.28 bits per heavy atom. The van der Waals surface area contributed by atoms with Gasteiger partial charge in [-0.15, -0.1) is 11.3 Å². The number of hydrogen-bond acceptors (Lipinski definition) is 5. The van der Waals surface area contributed by atoms with Crippen LogP contribution in [0.1, 0.15) is 22.4 Å². The number of nitrogens with one attached hydrogen (secondary N) is 1. The van der Waals surface area contributed by atoms with Crippen molar-refractivity contribution >= 4 is 26.4 Å². The van der Waals surface area contributed by atoms with Gasteiger partial charge in [0.25, 0.3) is 0 Å². The zero-order valence-electron chi connectivity index (χ0n) is 9.77. The first kappa shape index (κ1) is 12.0. The monoisotopic (exact) mass is 283 g/mol. The largest absolute Gasteiger partial charge is 0.312 e. The first-order valence-electron chi connectivity index (χ1n) is 5.89. The molecule has 3 rings (SSSR count). The number of fused-ring (bicyclic) bond motifs is 1. The highest BCUT2D eigenvalue weighted by Gasteiger charge is 2.33. The predicted octanol–water partition coefficient (Wildman–Crippen LogP) is 0.805. The van der Waals surface area contributed by atoms with E-state index in [4.69, 9.17) is 0 Å². The van der Waals surface area contributed by atoms with Crippen LogP contribution in [-0.4, -0.2) is 27.3 Å². The molecule has 0 bridgehead atoms. The van der Waals surface area contributed by atoms with Crippen LogP contribution in [0, 0.1) is 11.3 Å². The molecule has 1 aromatic heterocycles. The molecule has 3 heterocycles. The molecule has 1 fully saturated rings. The summed E-state index contributed by atoms with van der Waals surface area (Å²) in [4.78, 5) is 1.11. The van der Waals surface area contributed by atoms with E-state index in [0.29, 0.717) is 23.5 Å². The summed E-state index contributed by atoms with van der Waals surface area (Å²) in [5, 5.41) is 13.2. The van der Waals surface area contributed by atoms with Gasteiger partial charge in [-0.1, -0.05) is 0 Å². The van der Waals surface area contributed by atoms with E-state index in [2.05, 4.69) is 11.4 Å². The fraction of sp³-hybridized carbons (Fsp3) is 0.545. The van der Waals surface area contributed by atoms with Gasteiger partial charge in [0.2, 0.25) is 10.0 Å². The van der Waals surface area contributed by atoms with E-state index in [1.807, 2.05) is 0 Å². The van der Waals surface area contributed by atoms with E-state index < -0.39 is 10.0 Å². The Balaban J connectivity index is 2.13. The molecule has 1 aromatic rings. The average Bonchev–Trinajstić information content (AvgIpc) is 2.87. The second-order valence-corrected chi connectivity index (χ2v) is 7.56. The molecule has 0 amide bonds. The van der Waals surface area contributed by atoms with Gasteiger partial charge < -0.3 is 5.32 Å². The van der Waals surface area contributed by atoms with E-state index in [1.165, 1.54) is 15.6 Å². The van der Waals surface area contributed by atoms with Crippen LogP contribution in [0.5, 0.6) is 0 Å². The molecule has 0 radical (unpaired) electrons. The third-order valence-corrected chi connectivity index (χ3v) is 6.56. The Morgan fingerprint density at radius 1 is 1.44 bits per heavy atom. The van der Waals surface area contributed by atoms with Gasteiger partial charge in [0.1, 0.15) is 11.1 Å². The Labute approximate surface area is 110 Å². The molecule has 0 aromatic carbocycles. The van der Waals surface area contributed by atoms with Gasteiger partial charge in [0.05, 0.1) is 11.3 Å². The smallest absolute Gasteiger partial charge is 0.235 e. The number of rotatable bonds is 1. The van der Waals surface area contributed by atoms with Gasteiger partial charge in [0, 0.05) is 18.0 Å². The molecule has 0 spiro atoms. The van der Waals surface area contributed by atoms with Crippen LogP contribution in [0.2, 0.25) is 0 Å². The fourth-order valence-corrected chi connectivity index (χ4v) is 5.60. The number of hydrogen-bond donors (Lipinski definition) is 1. The first-order valence-corrected chi connectivity index (χ1v) is 8.32. The van der Waals surface area contributed by atoms with E-state index >= 15 is 0 Å². The molecule has 1 saturated heterocycles. The Kier molecular flexibility index (Phi) is 2.81. The lowest BCUT2D eigenvalue weighted by Crippen LogP contribution is -2.25. The Morgan fingerprint density at radius 3 is 2.94 bits per heavy atom.